The predicted octanol–water partition coefficient (Wildman–Crippen LogP) is 3.34. The number of urea groups is 1. The number of hydrogen-bond acceptors (Lipinski definition) is 3. The molecular weight excluding hydrogens is 361 g/mol. The van der Waals surface area contributed by atoms with Crippen LogP contribution in [0.4, 0.5) is 18.0 Å². The molecule has 2 aromatic rings. The molecule has 3 amide bonds. The molecule has 1 aliphatic heterocycles. The van der Waals surface area contributed by atoms with Crippen LogP contribution >= 0.6 is 0 Å². The van der Waals surface area contributed by atoms with Gasteiger partial charge in [0.25, 0.3) is 5.91 Å². The van der Waals surface area contributed by atoms with Gasteiger partial charge in [0.1, 0.15) is 17.1 Å². The number of amides is 3. The van der Waals surface area contributed by atoms with Crippen molar-refractivity contribution in [3.8, 4) is 5.75 Å². The maximum atomic E-state index is 13.5. The first-order chi connectivity index (χ1) is 12.8. The highest BCUT2D eigenvalue weighted by molar-refractivity contribution is 6.07. The summed E-state index contributed by atoms with van der Waals surface area (Å²) < 4.78 is 44.9. The molecule has 0 aromatic heterocycles. The highest BCUT2D eigenvalue weighted by Gasteiger charge is 2.48. The van der Waals surface area contributed by atoms with Crippen molar-refractivity contribution in [2.45, 2.75) is 18.9 Å². The summed E-state index contributed by atoms with van der Waals surface area (Å²) in [5.41, 5.74) is -1.31. The zero-order valence-corrected chi connectivity index (χ0v) is 14.5. The lowest BCUT2D eigenvalue weighted by Gasteiger charge is -2.22. The van der Waals surface area contributed by atoms with Gasteiger partial charge in [0.05, 0.1) is 6.61 Å². The minimum Gasteiger partial charge on any atom is -0.494 e. The van der Waals surface area contributed by atoms with Gasteiger partial charge in [-0.1, -0.05) is 6.07 Å². The Bertz CT molecular complexity index is 873. The lowest BCUT2D eigenvalue weighted by Crippen LogP contribution is -2.41. The van der Waals surface area contributed by atoms with Gasteiger partial charge in [0, 0.05) is 6.54 Å². The number of ether oxygens (including phenoxy) is 1. The van der Waals surface area contributed by atoms with E-state index in [0.717, 1.165) is 17.0 Å². The molecule has 1 atom stereocenters. The highest BCUT2D eigenvalue weighted by Crippen LogP contribution is 2.29. The predicted molar refractivity (Wildman–Crippen MR) is 90.5 cm³/mol. The number of benzene rings is 2. The summed E-state index contributed by atoms with van der Waals surface area (Å²) in [4.78, 5) is 25.9. The fourth-order valence-corrected chi connectivity index (χ4v) is 2.85. The quantitative estimate of drug-likeness (QED) is 0.620. The molecule has 3 rings (SSSR count). The van der Waals surface area contributed by atoms with Crippen LogP contribution in [0.5, 0.6) is 5.75 Å². The summed E-state index contributed by atoms with van der Waals surface area (Å²) in [7, 11) is 0. The molecule has 0 radical (unpaired) electrons. The Hall–Kier alpha value is -3.03. The zero-order valence-electron chi connectivity index (χ0n) is 14.5. The van der Waals surface area contributed by atoms with Crippen LogP contribution < -0.4 is 10.1 Å². The van der Waals surface area contributed by atoms with Gasteiger partial charge in [-0.05, 0) is 55.3 Å². The first-order valence-electron chi connectivity index (χ1n) is 8.29. The molecule has 0 aliphatic carbocycles. The number of carbonyl (C=O) groups is 2. The third-order valence-electron chi connectivity index (χ3n) is 4.38. The molecule has 1 N–H and O–H groups in total. The largest absolute Gasteiger partial charge is 0.494 e. The molecule has 1 unspecified atom stereocenters. The Morgan fingerprint density at radius 2 is 1.74 bits per heavy atom. The van der Waals surface area contributed by atoms with Crippen molar-refractivity contribution in [3.63, 3.8) is 0 Å². The van der Waals surface area contributed by atoms with E-state index in [1.165, 1.54) is 37.3 Å². The maximum Gasteiger partial charge on any atom is 0.325 e. The van der Waals surface area contributed by atoms with E-state index in [0.29, 0.717) is 12.2 Å². The molecule has 1 fully saturated rings. The van der Waals surface area contributed by atoms with E-state index in [1.807, 2.05) is 0 Å². The summed E-state index contributed by atoms with van der Waals surface area (Å²) in [6, 6.07) is 7.93. The number of imide groups is 1. The average Bonchev–Trinajstić information content (AvgIpc) is 2.86. The summed E-state index contributed by atoms with van der Waals surface area (Å²) in [6.45, 7) is 1.74. The minimum atomic E-state index is -1.47. The Morgan fingerprint density at radius 1 is 1.04 bits per heavy atom. The number of hydrogen-bond donors (Lipinski definition) is 1. The van der Waals surface area contributed by atoms with Crippen LogP contribution in [0.2, 0.25) is 0 Å². The monoisotopic (exact) mass is 378 g/mol. The highest BCUT2D eigenvalue weighted by atomic mass is 19.2. The Kier molecular flexibility index (Phi) is 5.07. The van der Waals surface area contributed by atoms with Crippen LogP contribution in [0.15, 0.2) is 42.5 Å². The van der Waals surface area contributed by atoms with Crippen LogP contribution in [0.3, 0.4) is 0 Å². The van der Waals surface area contributed by atoms with Crippen molar-refractivity contribution in [1.29, 1.82) is 0 Å². The van der Waals surface area contributed by atoms with E-state index < -0.39 is 29.1 Å². The molecule has 1 heterocycles. The second kappa shape index (κ2) is 7.30. The minimum absolute atomic E-state index is 0.0884. The van der Waals surface area contributed by atoms with Crippen molar-refractivity contribution in [3.05, 3.63) is 65.5 Å². The Balaban J connectivity index is 1.61. The van der Waals surface area contributed by atoms with Crippen LogP contribution in [-0.4, -0.2) is 30.0 Å². The van der Waals surface area contributed by atoms with Crippen molar-refractivity contribution in [2.75, 3.05) is 13.2 Å². The lowest BCUT2D eigenvalue weighted by molar-refractivity contribution is -0.131. The molecule has 1 aliphatic rings. The van der Waals surface area contributed by atoms with Crippen LogP contribution in [0, 0.1) is 17.5 Å². The van der Waals surface area contributed by atoms with Gasteiger partial charge in [0.15, 0.2) is 11.6 Å². The summed E-state index contributed by atoms with van der Waals surface area (Å²) in [5, 5.41) is 2.52. The molecule has 27 heavy (non-hydrogen) atoms. The number of rotatable bonds is 6. The van der Waals surface area contributed by atoms with E-state index in [4.69, 9.17) is 4.74 Å². The van der Waals surface area contributed by atoms with Crippen LogP contribution in [0.25, 0.3) is 0 Å². The number of halogens is 3. The molecule has 142 valence electrons. The van der Waals surface area contributed by atoms with Gasteiger partial charge in [-0.2, -0.15) is 0 Å². The second-order valence-electron chi connectivity index (χ2n) is 6.30. The van der Waals surface area contributed by atoms with Crippen molar-refractivity contribution >= 4 is 11.9 Å². The van der Waals surface area contributed by atoms with Crippen molar-refractivity contribution in [2.24, 2.45) is 0 Å². The first-order valence-corrected chi connectivity index (χ1v) is 8.29. The molecule has 0 bridgehead atoms. The van der Waals surface area contributed by atoms with Crippen molar-refractivity contribution < 1.29 is 27.5 Å². The lowest BCUT2D eigenvalue weighted by atomic mass is 9.92. The van der Waals surface area contributed by atoms with E-state index in [2.05, 4.69) is 5.32 Å². The number of nitrogens with zero attached hydrogens (tertiary/aromatic N) is 1. The summed E-state index contributed by atoms with van der Waals surface area (Å²) in [5.74, 6) is -2.59. The van der Waals surface area contributed by atoms with Gasteiger partial charge in [-0.15, -0.1) is 0 Å². The normalized spacial score (nSPS) is 19.3. The van der Waals surface area contributed by atoms with E-state index in [9.17, 15) is 22.8 Å². The summed E-state index contributed by atoms with van der Waals surface area (Å²) >= 11 is 0. The number of carbonyl (C=O) groups excluding carboxylic acids is 2. The van der Waals surface area contributed by atoms with Gasteiger partial charge < -0.3 is 10.1 Å². The SMILES string of the molecule is CC1(c2ccc(F)c(F)c2)NC(=O)N(CCCOc2ccc(F)cc2)C1=O. The van der Waals surface area contributed by atoms with Gasteiger partial charge in [0.2, 0.25) is 0 Å². The standard InChI is InChI=1S/C19H17F3N2O3/c1-19(12-3-8-15(21)16(22)11-12)17(25)24(18(26)23-19)9-2-10-27-14-6-4-13(20)5-7-14/h3-8,11H,2,9-10H2,1H3,(H,23,26). The number of nitrogens with one attached hydrogen (secondary N) is 1. The van der Waals surface area contributed by atoms with Gasteiger partial charge >= 0.3 is 6.03 Å². The molecule has 1 saturated heterocycles. The smallest absolute Gasteiger partial charge is 0.325 e. The Labute approximate surface area is 153 Å². The molecule has 8 heteroatoms. The van der Waals surface area contributed by atoms with E-state index in [1.54, 1.807) is 0 Å². The maximum absolute atomic E-state index is 13.5. The fraction of sp³-hybridized carbons (Fsp3) is 0.263. The van der Waals surface area contributed by atoms with Crippen LogP contribution in [-0.2, 0) is 10.3 Å². The molecular formula is C19H17F3N2O3. The average molecular weight is 378 g/mol. The third-order valence-corrected chi connectivity index (χ3v) is 4.38. The topological polar surface area (TPSA) is 58.6 Å². The van der Waals surface area contributed by atoms with Crippen LogP contribution in [0.1, 0.15) is 18.9 Å². The summed E-state index contributed by atoms with van der Waals surface area (Å²) in [6.07, 6.45) is 0.352. The van der Waals surface area contributed by atoms with Crippen molar-refractivity contribution in [1.82, 2.24) is 10.2 Å². The molecule has 0 saturated carbocycles. The van der Waals surface area contributed by atoms with Gasteiger partial charge in [-0.25, -0.2) is 18.0 Å². The molecule has 2 aromatic carbocycles. The Morgan fingerprint density at radius 3 is 2.41 bits per heavy atom. The second-order valence-corrected chi connectivity index (χ2v) is 6.30. The van der Waals surface area contributed by atoms with Gasteiger partial charge in [-0.3, -0.25) is 9.69 Å². The molecule has 0 spiro atoms. The third kappa shape index (κ3) is 3.74. The van der Waals surface area contributed by atoms with E-state index >= 15 is 0 Å². The molecule has 5 nitrogen and oxygen atoms in total. The fourth-order valence-electron chi connectivity index (χ4n) is 2.85. The van der Waals surface area contributed by atoms with E-state index in [-0.39, 0.29) is 24.5 Å². The first kappa shape index (κ1) is 18.8. The zero-order chi connectivity index (χ0) is 19.6.